The van der Waals surface area contributed by atoms with E-state index in [1.54, 1.807) is 37.4 Å². The molecule has 0 bridgehead atoms. The van der Waals surface area contributed by atoms with Crippen LogP contribution in [0, 0.1) is 0 Å². The van der Waals surface area contributed by atoms with Crippen LogP contribution in [-0.4, -0.2) is 18.0 Å². The molecule has 8 heteroatoms. The van der Waals surface area contributed by atoms with Crippen LogP contribution in [0.3, 0.4) is 0 Å². The van der Waals surface area contributed by atoms with Crippen molar-refractivity contribution in [2.24, 2.45) is 5.84 Å². The fourth-order valence-electron chi connectivity index (χ4n) is 1.62. The topological polar surface area (TPSA) is 89.3 Å². The van der Waals surface area contributed by atoms with E-state index in [1.807, 2.05) is 0 Å². The predicted molar refractivity (Wildman–Crippen MR) is 85.7 cm³/mol. The van der Waals surface area contributed by atoms with E-state index in [1.165, 1.54) is 0 Å². The highest BCUT2D eigenvalue weighted by Gasteiger charge is 2.14. The molecular formula is C13H12BrClN4O2. The molecule has 0 saturated carbocycles. The molecule has 1 aromatic heterocycles. The van der Waals surface area contributed by atoms with E-state index in [0.29, 0.717) is 17.3 Å². The average Bonchev–Trinajstić information content (AvgIpc) is 2.46. The van der Waals surface area contributed by atoms with Crippen LogP contribution in [0.4, 0.5) is 11.5 Å². The molecule has 0 saturated heterocycles. The number of carbonyl (C=O) groups is 1. The molecule has 2 aromatic rings. The van der Waals surface area contributed by atoms with Crippen LogP contribution in [0.15, 0.2) is 34.8 Å². The van der Waals surface area contributed by atoms with Crippen LogP contribution in [0.1, 0.15) is 10.5 Å². The Labute approximate surface area is 134 Å². The maximum absolute atomic E-state index is 12.2. The van der Waals surface area contributed by atoms with Crippen molar-refractivity contribution in [1.29, 1.82) is 0 Å². The molecule has 0 fully saturated rings. The summed E-state index contributed by atoms with van der Waals surface area (Å²) in [6.07, 6.45) is 0. The first-order chi connectivity index (χ1) is 10.0. The standard InChI is InChI=1S/C13H12BrClN4O2/c1-21-9-5-7(14)4-8(6-9)17-13(20)12-10(15)2-3-11(18-12)19-16/h2-6H,16H2,1H3,(H,17,20)(H,18,19). The molecule has 1 amide bonds. The van der Waals surface area contributed by atoms with Crippen molar-refractivity contribution in [1.82, 2.24) is 4.98 Å². The van der Waals surface area contributed by atoms with E-state index in [2.05, 4.69) is 31.7 Å². The van der Waals surface area contributed by atoms with Crippen molar-refractivity contribution >= 4 is 44.9 Å². The lowest BCUT2D eigenvalue weighted by Gasteiger charge is -2.09. The quantitative estimate of drug-likeness (QED) is 0.568. The minimum Gasteiger partial charge on any atom is -0.497 e. The minimum atomic E-state index is -0.447. The second kappa shape index (κ2) is 6.75. The molecule has 0 aliphatic carbocycles. The largest absolute Gasteiger partial charge is 0.497 e. The highest BCUT2D eigenvalue weighted by Crippen LogP contribution is 2.25. The maximum Gasteiger partial charge on any atom is 0.275 e. The number of rotatable bonds is 4. The fraction of sp³-hybridized carbons (Fsp3) is 0.0769. The third-order valence-corrected chi connectivity index (χ3v) is 3.34. The predicted octanol–water partition coefficient (Wildman–Crippen LogP) is 3.04. The van der Waals surface area contributed by atoms with Crippen molar-refractivity contribution in [3.8, 4) is 5.75 Å². The van der Waals surface area contributed by atoms with Gasteiger partial charge >= 0.3 is 0 Å². The Morgan fingerprint density at radius 3 is 2.81 bits per heavy atom. The fourth-order valence-corrected chi connectivity index (χ4v) is 2.29. The van der Waals surface area contributed by atoms with Gasteiger partial charge in [0.15, 0.2) is 0 Å². The number of methoxy groups -OCH3 is 1. The molecule has 4 N–H and O–H groups in total. The minimum absolute atomic E-state index is 0.0751. The third kappa shape index (κ3) is 3.84. The Bertz CT molecular complexity index is 681. The molecule has 1 heterocycles. The first kappa shape index (κ1) is 15.6. The van der Waals surface area contributed by atoms with Crippen LogP contribution in [-0.2, 0) is 0 Å². The highest BCUT2D eigenvalue weighted by atomic mass is 79.9. The summed E-state index contributed by atoms with van der Waals surface area (Å²) in [7, 11) is 1.54. The number of nitrogens with zero attached hydrogens (tertiary/aromatic N) is 1. The van der Waals surface area contributed by atoms with E-state index < -0.39 is 5.91 Å². The SMILES string of the molecule is COc1cc(Br)cc(NC(=O)c2nc(NN)ccc2Cl)c1. The van der Waals surface area contributed by atoms with Crippen LogP contribution < -0.4 is 21.3 Å². The Kier molecular flexibility index (Phi) is 5.00. The number of nitrogens with two attached hydrogens (primary N) is 1. The van der Waals surface area contributed by atoms with E-state index in [4.69, 9.17) is 22.2 Å². The number of nitrogens with one attached hydrogen (secondary N) is 2. The number of hydrogen-bond acceptors (Lipinski definition) is 5. The molecule has 0 aliphatic rings. The van der Waals surface area contributed by atoms with Gasteiger partial charge in [-0.3, -0.25) is 4.79 Å². The summed E-state index contributed by atoms with van der Waals surface area (Å²) in [4.78, 5) is 16.3. The number of carbonyl (C=O) groups excluding carboxylic acids is 1. The number of halogens is 2. The smallest absolute Gasteiger partial charge is 0.275 e. The number of hydrazine groups is 1. The molecule has 2 rings (SSSR count). The van der Waals surface area contributed by atoms with E-state index in [9.17, 15) is 4.79 Å². The maximum atomic E-state index is 12.2. The molecule has 0 aliphatic heterocycles. The van der Waals surface area contributed by atoms with Crippen molar-refractivity contribution < 1.29 is 9.53 Å². The molecule has 21 heavy (non-hydrogen) atoms. The second-order valence-corrected chi connectivity index (χ2v) is 5.33. The number of hydrogen-bond donors (Lipinski definition) is 3. The summed E-state index contributed by atoms with van der Waals surface area (Å²) >= 11 is 9.32. The first-order valence-corrected chi connectivity index (χ1v) is 6.99. The number of ether oxygens (including phenoxy) is 1. The number of amides is 1. The lowest BCUT2D eigenvalue weighted by molar-refractivity contribution is 0.102. The Morgan fingerprint density at radius 1 is 1.38 bits per heavy atom. The van der Waals surface area contributed by atoms with Crippen molar-refractivity contribution in [2.45, 2.75) is 0 Å². The van der Waals surface area contributed by atoms with Crippen LogP contribution in [0.5, 0.6) is 5.75 Å². The van der Waals surface area contributed by atoms with Gasteiger partial charge < -0.3 is 15.5 Å². The molecule has 0 radical (unpaired) electrons. The monoisotopic (exact) mass is 370 g/mol. The zero-order valence-electron chi connectivity index (χ0n) is 11.0. The first-order valence-electron chi connectivity index (χ1n) is 5.82. The molecule has 6 nitrogen and oxygen atoms in total. The van der Waals surface area contributed by atoms with Gasteiger partial charge in [-0.25, -0.2) is 10.8 Å². The van der Waals surface area contributed by atoms with Gasteiger partial charge in [0.2, 0.25) is 0 Å². The number of pyridine rings is 1. The van der Waals surface area contributed by atoms with Gasteiger partial charge in [0.25, 0.3) is 5.91 Å². The van der Waals surface area contributed by atoms with Gasteiger partial charge in [0.1, 0.15) is 17.3 Å². The molecular weight excluding hydrogens is 360 g/mol. The summed E-state index contributed by atoms with van der Waals surface area (Å²) in [5.41, 5.74) is 2.99. The Morgan fingerprint density at radius 2 is 2.14 bits per heavy atom. The number of benzene rings is 1. The summed E-state index contributed by atoms with van der Waals surface area (Å²) < 4.78 is 5.91. The van der Waals surface area contributed by atoms with E-state index >= 15 is 0 Å². The van der Waals surface area contributed by atoms with Gasteiger partial charge in [-0.1, -0.05) is 27.5 Å². The number of nitrogen functional groups attached to an aromatic ring is 1. The van der Waals surface area contributed by atoms with E-state index in [-0.39, 0.29) is 10.7 Å². The third-order valence-electron chi connectivity index (χ3n) is 2.57. The summed E-state index contributed by atoms with van der Waals surface area (Å²) in [5.74, 6) is 5.77. The van der Waals surface area contributed by atoms with Gasteiger partial charge in [-0.05, 0) is 24.3 Å². The Balaban J connectivity index is 2.27. The summed E-state index contributed by atoms with van der Waals surface area (Å²) in [6.45, 7) is 0. The van der Waals surface area contributed by atoms with Crippen molar-refractivity contribution in [3.63, 3.8) is 0 Å². The number of anilines is 2. The highest BCUT2D eigenvalue weighted by molar-refractivity contribution is 9.10. The summed E-state index contributed by atoms with van der Waals surface area (Å²) in [5, 5.41) is 2.93. The van der Waals surface area contributed by atoms with E-state index in [0.717, 1.165) is 4.47 Å². The van der Waals surface area contributed by atoms with Gasteiger partial charge in [0.05, 0.1) is 12.1 Å². The summed E-state index contributed by atoms with van der Waals surface area (Å²) in [6, 6.07) is 8.31. The zero-order valence-corrected chi connectivity index (χ0v) is 13.3. The average molecular weight is 372 g/mol. The van der Waals surface area contributed by atoms with Gasteiger partial charge in [-0.2, -0.15) is 0 Å². The van der Waals surface area contributed by atoms with Crippen LogP contribution in [0.25, 0.3) is 0 Å². The molecule has 0 atom stereocenters. The molecule has 1 aromatic carbocycles. The lowest BCUT2D eigenvalue weighted by atomic mass is 10.2. The Hall–Kier alpha value is -1.83. The lowest BCUT2D eigenvalue weighted by Crippen LogP contribution is -2.16. The number of aromatic nitrogens is 1. The normalized spacial score (nSPS) is 10.1. The van der Waals surface area contributed by atoms with Crippen molar-refractivity contribution in [2.75, 3.05) is 17.9 Å². The molecule has 0 spiro atoms. The van der Waals surface area contributed by atoms with Crippen molar-refractivity contribution in [3.05, 3.63) is 45.5 Å². The molecule has 0 unspecified atom stereocenters. The molecule has 110 valence electrons. The van der Waals surface area contributed by atoms with Gasteiger partial charge in [-0.15, -0.1) is 0 Å². The van der Waals surface area contributed by atoms with Crippen LogP contribution in [0.2, 0.25) is 5.02 Å². The zero-order chi connectivity index (χ0) is 15.4. The van der Waals surface area contributed by atoms with Crippen LogP contribution >= 0.6 is 27.5 Å². The second-order valence-electron chi connectivity index (χ2n) is 4.01. The van der Waals surface area contributed by atoms with Gasteiger partial charge in [0, 0.05) is 16.2 Å².